The molecular formula is C19H22N2O2. The zero-order valence-corrected chi connectivity index (χ0v) is 13.4. The van der Waals surface area contributed by atoms with Crippen molar-refractivity contribution in [1.82, 2.24) is 4.98 Å². The molecule has 0 bridgehead atoms. The number of aromatic nitrogens is 1. The molecule has 4 heteroatoms. The average Bonchev–Trinajstić information content (AvgIpc) is 3.11. The minimum absolute atomic E-state index is 0.399. The maximum absolute atomic E-state index is 6.01. The Balaban J connectivity index is 1.40. The molecule has 2 aliphatic carbocycles. The summed E-state index contributed by atoms with van der Waals surface area (Å²) in [5.41, 5.74) is 3.51. The largest absolute Gasteiger partial charge is 0.444 e. The van der Waals surface area contributed by atoms with Gasteiger partial charge in [-0.3, -0.25) is 0 Å². The van der Waals surface area contributed by atoms with Crippen LogP contribution in [0.3, 0.4) is 0 Å². The quantitative estimate of drug-likeness (QED) is 0.930. The molecule has 5 rings (SSSR count). The van der Waals surface area contributed by atoms with E-state index in [4.69, 9.17) is 9.15 Å². The minimum atomic E-state index is 0.399. The number of rotatable bonds is 3. The molecular weight excluding hydrogens is 288 g/mol. The molecule has 1 aromatic carbocycles. The summed E-state index contributed by atoms with van der Waals surface area (Å²) in [5.74, 6) is 1.38. The van der Waals surface area contributed by atoms with E-state index in [2.05, 4.69) is 34.6 Å². The smallest absolute Gasteiger partial charge is 0.226 e. The van der Waals surface area contributed by atoms with Crippen LogP contribution < -0.4 is 5.32 Å². The van der Waals surface area contributed by atoms with Crippen LogP contribution in [0.15, 0.2) is 34.9 Å². The minimum Gasteiger partial charge on any atom is -0.444 e. The molecule has 1 spiro atoms. The van der Waals surface area contributed by atoms with Crippen LogP contribution in [-0.4, -0.2) is 23.7 Å². The molecule has 3 aliphatic rings. The van der Waals surface area contributed by atoms with Gasteiger partial charge in [-0.2, -0.15) is 0 Å². The first kappa shape index (κ1) is 13.6. The van der Waals surface area contributed by atoms with Gasteiger partial charge in [0.1, 0.15) is 6.26 Å². The highest BCUT2D eigenvalue weighted by atomic mass is 16.5. The van der Waals surface area contributed by atoms with E-state index in [1.807, 2.05) is 6.92 Å². The summed E-state index contributed by atoms with van der Waals surface area (Å²) >= 11 is 0. The van der Waals surface area contributed by atoms with Crippen molar-refractivity contribution in [2.45, 2.75) is 44.8 Å². The van der Waals surface area contributed by atoms with Crippen molar-refractivity contribution in [1.29, 1.82) is 0 Å². The van der Waals surface area contributed by atoms with Gasteiger partial charge in [0.2, 0.25) is 5.89 Å². The molecule has 1 N–H and O–H groups in total. The van der Waals surface area contributed by atoms with E-state index >= 15 is 0 Å². The second-order valence-corrected chi connectivity index (χ2v) is 7.33. The Bertz CT molecular complexity index is 734. The number of nitrogens with zero attached hydrogens (tertiary/aromatic N) is 1. The highest BCUT2D eigenvalue weighted by Crippen LogP contribution is 2.63. The van der Waals surface area contributed by atoms with Crippen molar-refractivity contribution in [3.63, 3.8) is 0 Å². The Morgan fingerprint density at radius 1 is 1.30 bits per heavy atom. The van der Waals surface area contributed by atoms with E-state index in [0.29, 0.717) is 29.4 Å². The van der Waals surface area contributed by atoms with Crippen molar-refractivity contribution in [2.24, 2.45) is 11.3 Å². The summed E-state index contributed by atoms with van der Waals surface area (Å²) in [6.07, 6.45) is 7.37. The molecule has 2 heterocycles. The summed E-state index contributed by atoms with van der Waals surface area (Å²) in [4.78, 5) is 4.43. The first-order valence-corrected chi connectivity index (χ1v) is 8.67. The number of aryl methyl sites for hydroxylation is 1. The number of hydrogen-bond donors (Lipinski definition) is 1. The number of oxazole rings is 1. The van der Waals surface area contributed by atoms with Crippen LogP contribution in [0.4, 0.5) is 5.69 Å². The second kappa shape index (κ2) is 4.84. The van der Waals surface area contributed by atoms with Gasteiger partial charge in [0.05, 0.1) is 11.8 Å². The Hall–Kier alpha value is -1.81. The molecule has 1 aliphatic heterocycles. The molecule has 0 unspecified atom stereocenters. The lowest BCUT2D eigenvalue weighted by Crippen LogP contribution is -2.68. The summed E-state index contributed by atoms with van der Waals surface area (Å²) in [5, 5.41) is 3.81. The van der Waals surface area contributed by atoms with Crippen LogP contribution in [0.25, 0.3) is 11.5 Å². The fraction of sp³-hybridized carbons (Fsp3) is 0.526. The highest BCUT2D eigenvalue weighted by Gasteiger charge is 2.66. The van der Waals surface area contributed by atoms with Gasteiger partial charge in [-0.05, 0) is 44.4 Å². The number of hydrogen-bond acceptors (Lipinski definition) is 4. The van der Waals surface area contributed by atoms with Crippen LogP contribution in [0.5, 0.6) is 0 Å². The van der Waals surface area contributed by atoms with E-state index in [1.165, 1.54) is 31.4 Å². The fourth-order valence-corrected chi connectivity index (χ4v) is 4.86. The number of fused-ring (bicyclic) bond motifs is 2. The Labute approximate surface area is 136 Å². The Morgan fingerprint density at radius 2 is 2.22 bits per heavy atom. The van der Waals surface area contributed by atoms with Crippen molar-refractivity contribution < 1.29 is 9.15 Å². The average molecular weight is 310 g/mol. The molecule has 3 fully saturated rings. The predicted octanol–water partition coefficient (Wildman–Crippen LogP) is 4.02. The summed E-state index contributed by atoms with van der Waals surface area (Å²) < 4.78 is 11.5. The molecule has 4 nitrogen and oxygen atoms in total. The van der Waals surface area contributed by atoms with Crippen LogP contribution in [0.1, 0.15) is 31.4 Å². The predicted molar refractivity (Wildman–Crippen MR) is 88.2 cm³/mol. The highest BCUT2D eigenvalue weighted by molar-refractivity contribution is 5.62. The van der Waals surface area contributed by atoms with Gasteiger partial charge in [-0.25, -0.2) is 4.98 Å². The number of ether oxygens (including phenoxy) is 1. The zero-order valence-electron chi connectivity index (χ0n) is 13.4. The molecule has 23 heavy (non-hydrogen) atoms. The third kappa shape index (κ3) is 1.91. The third-order valence-corrected chi connectivity index (χ3v) is 6.09. The number of nitrogens with one attached hydrogen (secondary N) is 1. The molecule has 3 atom stereocenters. The summed E-state index contributed by atoms with van der Waals surface area (Å²) in [7, 11) is 0. The maximum Gasteiger partial charge on any atom is 0.226 e. The molecule has 2 saturated carbocycles. The van der Waals surface area contributed by atoms with E-state index in [9.17, 15) is 0 Å². The van der Waals surface area contributed by atoms with E-state index in [0.717, 1.165) is 17.9 Å². The standard InChI is InChI=1S/C19H22N2O2/c1-12-11-23-18(20-12)13-4-2-5-14(10-13)21-16-15-6-9-22-17(15)19(16)7-3-8-19/h2,4-5,10-11,15-17,21H,3,6-9H2,1H3/t15-,16-,17-/m1/s1. The lowest BCUT2D eigenvalue weighted by atomic mass is 9.46. The van der Waals surface area contributed by atoms with Gasteiger partial charge in [-0.1, -0.05) is 12.5 Å². The van der Waals surface area contributed by atoms with E-state index in [-0.39, 0.29) is 0 Å². The fourth-order valence-electron chi connectivity index (χ4n) is 4.86. The van der Waals surface area contributed by atoms with Crippen LogP contribution in [0.2, 0.25) is 0 Å². The van der Waals surface area contributed by atoms with Crippen LogP contribution in [0, 0.1) is 18.3 Å². The number of anilines is 1. The van der Waals surface area contributed by atoms with Crippen molar-refractivity contribution in [2.75, 3.05) is 11.9 Å². The van der Waals surface area contributed by atoms with Crippen LogP contribution in [-0.2, 0) is 4.74 Å². The molecule has 120 valence electrons. The van der Waals surface area contributed by atoms with Crippen molar-refractivity contribution in [3.8, 4) is 11.5 Å². The lowest BCUT2D eigenvalue weighted by molar-refractivity contribution is -0.158. The van der Waals surface area contributed by atoms with E-state index < -0.39 is 0 Å². The van der Waals surface area contributed by atoms with Gasteiger partial charge in [-0.15, -0.1) is 0 Å². The van der Waals surface area contributed by atoms with Gasteiger partial charge in [0, 0.05) is 35.2 Å². The lowest BCUT2D eigenvalue weighted by Gasteiger charge is -2.63. The van der Waals surface area contributed by atoms with Gasteiger partial charge < -0.3 is 14.5 Å². The molecule has 0 amide bonds. The normalized spacial score (nSPS) is 30.6. The van der Waals surface area contributed by atoms with Crippen molar-refractivity contribution >= 4 is 5.69 Å². The van der Waals surface area contributed by atoms with Gasteiger partial charge in [0.25, 0.3) is 0 Å². The van der Waals surface area contributed by atoms with Crippen LogP contribution >= 0.6 is 0 Å². The van der Waals surface area contributed by atoms with Gasteiger partial charge >= 0.3 is 0 Å². The summed E-state index contributed by atoms with van der Waals surface area (Å²) in [6, 6.07) is 8.99. The second-order valence-electron chi connectivity index (χ2n) is 7.33. The zero-order chi connectivity index (χ0) is 15.4. The first-order valence-electron chi connectivity index (χ1n) is 8.67. The topological polar surface area (TPSA) is 47.3 Å². The Morgan fingerprint density at radius 3 is 2.96 bits per heavy atom. The van der Waals surface area contributed by atoms with Crippen molar-refractivity contribution in [3.05, 3.63) is 36.2 Å². The first-order chi connectivity index (χ1) is 11.3. The summed E-state index contributed by atoms with van der Waals surface area (Å²) in [6.45, 7) is 2.88. The molecule has 1 saturated heterocycles. The van der Waals surface area contributed by atoms with E-state index in [1.54, 1.807) is 6.26 Å². The van der Waals surface area contributed by atoms with Gasteiger partial charge in [0.15, 0.2) is 0 Å². The monoisotopic (exact) mass is 310 g/mol. The Kier molecular flexibility index (Phi) is 2.87. The SMILES string of the molecule is Cc1coc(-c2cccc(N[C@@H]3[C@H]4CCO[C@H]4C34CCC4)c2)n1. The third-order valence-electron chi connectivity index (χ3n) is 6.09. The molecule has 0 radical (unpaired) electrons. The molecule has 1 aromatic heterocycles. The maximum atomic E-state index is 6.01. The number of benzene rings is 1. The molecule has 2 aromatic rings.